The number of allylic oxidation sites excluding steroid dienone is 1. The van der Waals surface area contributed by atoms with Gasteiger partial charge in [-0.05, 0) is 65.2 Å². The Morgan fingerprint density at radius 3 is 2.33 bits per heavy atom. The van der Waals surface area contributed by atoms with E-state index in [1.165, 1.54) is 6.08 Å². The number of hydrogen-bond donors (Lipinski definition) is 2. The van der Waals surface area contributed by atoms with Gasteiger partial charge in [-0.1, -0.05) is 59.6 Å². The summed E-state index contributed by atoms with van der Waals surface area (Å²) in [5.74, 6) is 1.10. The lowest BCUT2D eigenvalue weighted by atomic mass is 10.0. The highest BCUT2D eigenvalue weighted by atomic mass is 35.5. The Morgan fingerprint density at radius 2 is 1.67 bits per heavy atom. The van der Waals surface area contributed by atoms with Crippen molar-refractivity contribution in [1.82, 2.24) is 14.8 Å². The predicted octanol–water partition coefficient (Wildman–Crippen LogP) is 6.30. The summed E-state index contributed by atoms with van der Waals surface area (Å²) in [6.07, 6.45) is 5.17. The minimum absolute atomic E-state index is 0.188. The number of anilines is 2. The molecule has 2 heterocycles. The van der Waals surface area contributed by atoms with Gasteiger partial charge in [0.15, 0.2) is 0 Å². The minimum atomic E-state index is -0.347. The maximum absolute atomic E-state index is 12.5. The number of carbonyl (C=O) groups excluding carboxylic acids is 1. The zero-order valence-corrected chi connectivity index (χ0v) is 20.7. The average molecular weight is 518 g/mol. The number of amides is 1. The van der Waals surface area contributed by atoms with Crippen LogP contribution >= 0.6 is 23.2 Å². The molecule has 180 valence electrons. The molecule has 0 spiro atoms. The van der Waals surface area contributed by atoms with Crippen LogP contribution in [0.5, 0.6) is 5.75 Å². The Morgan fingerprint density at radius 1 is 1.00 bits per heavy atom. The van der Waals surface area contributed by atoms with E-state index in [0.717, 1.165) is 28.1 Å². The lowest BCUT2D eigenvalue weighted by Crippen LogP contribution is -2.20. The number of carbonyl (C=O) groups is 1. The third-order valence-corrected chi connectivity index (χ3v) is 6.11. The van der Waals surface area contributed by atoms with Gasteiger partial charge in [0.1, 0.15) is 11.8 Å². The number of hydrogen-bond acceptors (Lipinski definition) is 5. The van der Waals surface area contributed by atoms with Crippen LogP contribution in [-0.2, 0) is 4.79 Å². The van der Waals surface area contributed by atoms with Gasteiger partial charge in [-0.3, -0.25) is 10.1 Å². The fourth-order valence-electron chi connectivity index (χ4n) is 3.78. The van der Waals surface area contributed by atoms with Crippen molar-refractivity contribution in [3.8, 4) is 5.75 Å². The van der Waals surface area contributed by atoms with Crippen LogP contribution < -0.4 is 15.4 Å². The second-order valence-corrected chi connectivity index (χ2v) is 8.88. The van der Waals surface area contributed by atoms with Gasteiger partial charge in [0.05, 0.1) is 7.11 Å². The highest BCUT2D eigenvalue weighted by Gasteiger charge is 2.25. The fraction of sp³-hybridized carbons (Fsp3) is 0.0741. The first-order valence-corrected chi connectivity index (χ1v) is 11.8. The molecule has 0 saturated heterocycles. The molecule has 0 aliphatic carbocycles. The topological polar surface area (TPSA) is 81.1 Å². The summed E-state index contributed by atoms with van der Waals surface area (Å²) in [5, 5.41) is 11.9. The molecule has 9 heteroatoms. The number of fused-ring (bicyclic) bond motifs is 1. The van der Waals surface area contributed by atoms with Crippen LogP contribution in [0.1, 0.15) is 22.7 Å². The predicted molar refractivity (Wildman–Crippen MR) is 143 cm³/mol. The van der Waals surface area contributed by atoms with Crippen LogP contribution in [0.25, 0.3) is 11.8 Å². The normalized spacial score (nSPS) is 14.6. The van der Waals surface area contributed by atoms with Crippen LogP contribution in [-0.4, -0.2) is 27.8 Å². The van der Waals surface area contributed by atoms with Crippen molar-refractivity contribution in [1.29, 1.82) is 0 Å². The number of halogens is 2. The zero-order chi connectivity index (χ0) is 25.1. The summed E-state index contributed by atoms with van der Waals surface area (Å²) in [7, 11) is 1.63. The Hall–Kier alpha value is -4.07. The number of methoxy groups -OCH3 is 1. The molecule has 1 aromatic heterocycles. The van der Waals surface area contributed by atoms with E-state index >= 15 is 0 Å². The van der Waals surface area contributed by atoms with Crippen molar-refractivity contribution in [2.24, 2.45) is 0 Å². The Balaban J connectivity index is 1.43. The smallest absolute Gasteiger partial charge is 0.250 e. The van der Waals surface area contributed by atoms with E-state index < -0.39 is 0 Å². The van der Waals surface area contributed by atoms with Gasteiger partial charge in [-0.2, -0.15) is 4.98 Å². The standard InChI is InChI=1S/C27H21Cl2N5O2/c1-36-22-13-7-19(8-14-22)24-16-23(18-5-11-21(29)12-6-18)30-27-32-26(33-34(24)27)31-25(35)15-4-17-2-9-20(28)10-3-17/h2-16,24H,1H3,(H2,30,31,32,33,35)/b15-4+/t24-/m1/s1. The van der Waals surface area contributed by atoms with E-state index in [9.17, 15) is 4.79 Å². The van der Waals surface area contributed by atoms with Gasteiger partial charge in [-0.25, -0.2) is 4.68 Å². The van der Waals surface area contributed by atoms with Gasteiger partial charge in [0, 0.05) is 21.8 Å². The van der Waals surface area contributed by atoms with Crippen LogP contribution in [0.2, 0.25) is 10.0 Å². The van der Waals surface area contributed by atoms with E-state index in [1.807, 2.05) is 60.7 Å². The summed E-state index contributed by atoms with van der Waals surface area (Å²) in [6.45, 7) is 0. The fourth-order valence-corrected chi connectivity index (χ4v) is 4.03. The molecule has 36 heavy (non-hydrogen) atoms. The molecular formula is C27H21Cl2N5O2. The number of rotatable bonds is 6. The first-order chi connectivity index (χ1) is 17.5. The highest BCUT2D eigenvalue weighted by Crippen LogP contribution is 2.34. The molecule has 0 unspecified atom stereocenters. The second kappa shape index (κ2) is 10.3. The molecule has 1 aliphatic rings. The zero-order valence-electron chi connectivity index (χ0n) is 19.2. The summed E-state index contributed by atoms with van der Waals surface area (Å²) in [4.78, 5) is 17.1. The number of nitrogens with zero attached hydrogens (tertiary/aromatic N) is 3. The van der Waals surface area contributed by atoms with E-state index in [-0.39, 0.29) is 17.9 Å². The molecule has 7 nitrogen and oxygen atoms in total. The van der Waals surface area contributed by atoms with Crippen molar-refractivity contribution < 1.29 is 9.53 Å². The SMILES string of the molecule is COc1ccc([C@H]2C=C(c3ccc(Cl)cc3)Nc3nc(NC(=O)/C=C/c4ccc(Cl)cc4)nn32)cc1. The summed E-state index contributed by atoms with van der Waals surface area (Å²) in [5.41, 5.74) is 3.64. The number of ether oxygens (including phenoxy) is 1. The molecule has 0 radical (unpaired) electrons. The molecule has 1 amide bonds. The lowest BCUT2D eigenvalue weighted by Gasteiger charge is -2.24. The number of nitrogens with one attached hydrogen (secondary N) is 2. The molecule has 1 aliphatic heterocycles. The molecular weight excluding hydrogens is 497 g/mol. The third kappa shape index (κ3) is 5.27. The van der Waals surface area contributed by atoms with Crippen LogP contribution in [0, 0.1) is 0 Å². The van der Waals surface area contributed by atoms with Gasteiger partial charge in [-0.15, -0.1) is 5.10 Å². The van der Waals surface area contributed by atoms with Crippen molar-refractivity contribution in [2.45, 2.75) is 6.04 Å². The first-order valence-electron chi connectivity index (χ1n) is 11.1. The maximum atomic E-state index is 12.5. The highest BCUT2D eigenvalue weighted by molar-refractivity contribution is 6.30. The van der Waals surface area contributed by atoms with Gasteiger partial charge < -0.3 is 10.1 Å². The minimum Gasteiger partial charge on any atom is -0.497 e. The molecule has 1 atom stereocenters. The first kappa shape index (κ1) is 23.7. The lowest BCUT2D eigenvalue weighted by molar-refractivity contribution is -0.111. The largest absolute Gasteiger partial charge is 0.497 e. The van der Waals surface area contributed by atoms with Crippen molar-refractivity contribution in [2.75, 3.05) is 17.7 Å². The monoisotopic (exact) mass is 517 g/mol. The van der Waals surface area contributed by atoms with Crippen molar-refractivity contribution in [3.05, 3.63) is 112 Å². The van der Waals surface area contributed by atoms with Crippen LogP contribution in [0.4, 0.5) is 11.9 Å². The Labute approximate surface area is 218 Å². The molecule has 5 rings (SSSR count). The van der Waals surface area contributed by atoms with Crippen molar-refractivity contribution in [3.63, 3.8) is 0 Å². The van der Waals surface area contributed by atoms with Crippen molar-refractivity contribution >= 4 is 52.8 Å². The maximum Gasteiger partial charge on any atom is 0.250 e. The Kier molecular flexibility index (Phi) is 6.75. The second-order valence-electron chi connectivity index (χ2n) is 8.01. The van der Waals surface area contributed by atoms with Gasteiger partial charge in [0.2, 0.25) is 5.95 Å². The van der Waals surface area contributed by atoms with E-state index in [2.05, 4.69) is 26.8 Å². The molecule has 4 aromatic rings. The van der Waals surface area contributed by atoms with E-state index in [0.29, 0.717) is 16.0 Å². The van der Waals surface area contributed by atoms with E-state index in [1.54, 1.807) is 30.0 Å². The summed E-state index contributed by atoms with van der Waals surface area (Å²) in [6, 6.07) is 22.2. The summed E-state index contributed by atoms with van der Waals surface area (Å²) < 4.78 is 7.04. The molecule has 0 fully saturated rings. The quantitative estimate of drug-likeness (QED) is 0.293. The molecule has 0 saturated carbocycles. The third-order valence-electron chi connectivity index (χ3n) is 5.61. The van der Waals surface area contributed by atoms with Gasteiger partial charge in [0.25, 0.3) is 11.9 Å². The van der Waals surface area contributed by atoms with Gasteiger partial charge >= 0.3 is 0 Å². The number of aromatic nitrogens is 3. The van der Waals surface area contributed by atoms with E-state index in [4.69, 9.17) is 27.9 Å². The summed E-state index contributed by atoms with van der Waals surface area (Å²) >= 11 is 12.0. The molecule has 0 bridgehead atoms. The molecule has 2 N–H and O–H groups in total. The number of benzene rings is 3. The average Bonchev–Trinajstić information content (AvgIpc) is 3.30. The molecule has 3 aromatic carbocycles. The Bertz CT molecular complexity index is 1440. The van der Waals surface area contributed by atoms with Crippen LogP contribution in [0.3, 0.4) is 0 Å². The van der Waals surface area contributed by atoms with Crippen LogP contribution in [0.15, 0.2) is 84.9 Å².